The molecule has 12 heteroatoms. The predicted octanol–water partition coefficient (Wildman–Crippen LogP) is 6.15. The number of aromatic amines is 1. The van der Waals surface area contributed by atoms with Crippen LogP contribution in [0.2, 0.25) is 0 Å². The van der Waals surface area contributed by atoms with E-state index in [0.29, 0.717) is 77.0 Å². The third-order valence-electron chi connectivity index (χ3n) is 7.72. The number of carbonyl (C=O) groups is 2. The minimum Gasteiger partial charge on any atom is -0.369 e. The number of nitrogens with zero attached hydrogens (tertiary/aromatic N) is 3. The first-order valence-corrected chi connectivity index (χ1v) is 14.2. The van der Waals surface area contributed by atoms with Gasteiger partial charge in [0.2, 0.25) is 0 Å². The van der Waals surface area contributed by atoms with Crippen molar-refractivity contribution in [2.75, 3.05) is 54.1 Å². The lowest BCUT2D eigenvalue weighted by atomic mass is 10.1. The molecule has 1 saturated heterocycles. The molecule has 3 aromatic carbocycles. The highest BCUT2D eigenvalue weighted by Crippen LogP contribution is 2.36. The Balaban J connectivity index is 1.18. The van der Waals surface area contributed by atoms with Gasteiger partial charge in [-0.2, -0.15) is 18.4 Å². The molecule has 2 aliphatic rings. The number of piperazine rings is 1. The summed E-state index contributed by atoms with van der Waals surface area (Å²) in [7, 11) is 1.96. The molecule has 4 aromatic rings. The molecule has 1 aromatic heterocycles. The molecule has 0 atom stereocenters. The lowest BCUT2D eigenvalue weighted by molar-refractivity contribution is -0.137. The van der Waals surface area contributed by atoms with Gasteiger partial charge in [-0.25, -0.2) is 0 Å². The first-order valence-electron chi connectivity index (χ1n) is 14.2. The van der Waals surface area contributed by atoms with E-state index < -0.39 is 17.6 Å². The fraction of sp³-hybridized carbons (Fsp3) is 0.182. The number of carbonyl (C=O) groups excluding carboxylic acids is 2. The van der Waals surface area contributed by atoms with Crippen molar-refractivity contribution in [1.29, 1.82) is 5.26 Å². The number of nitrogens with one attached hydrogen (secondary N) is 4. The summed E-state index contributed by atoms with van der Waals surface area (Å²) in [5.74, 6) is -0.928. The average molecular weight is 612 g/mol. The monoisotopic (exact) mass is 611 g/mol. The van der Waals surface area contributed by atoms with E-state index >= 15 is 0 Å². The summed E-state index contributed by atoms with van der Waals surface area (Å²) in [4.78, 5) is 32.8. The van der Waals surface area contributed by atoms with E-state index in [0.717, 1.165) is 12.1 Å². The number of hydrogen-bond acceptors (Lipinski definition) is 6. The fourth-order valence-electron chi connectivity index (χ4n) is 5.33. The number of amides is 2. The van der Waals surface area contributed by atoms with Gasteiger partial charge in [-0.3, -0.25) is 9.59 Å². The highest BCUT2D eigenvalue weighted by atomic mass is 19.4. The Morgan fingerprint density at radius 1 is 0.978 bits per heavy atom. The normalized spacial score (nSPS) is 15.8. The van der Waals surface area contributed by atoms with Crippen molar-refractivity contribution in [3.05, 3.63) is 101 Å². The van der Waals surface area contributed by atoms with Crippen LogP contribution in [0.5, 0.6) is 0 Å². The van der Waals surface area contributed by atoms with Crippen LogP contribution >= 0.6 is 0 Å². The van der Waals surface area contributed by atoms with Crippen molar-refractivity contribution in [2.24, 2.45) is 0 Å². The highest BCUT2D eigenvalue weighted by Gasteiger charge is 2.33. The molecule has 45 heavy (non-hydrogen) atoms. The quantitative estimate of drug-likeness (QED) is 0.195. The van der Waals surface area contributed by atoms with Crippen molar-refractivity contribution in [2.45, 2.75) is 6.18 Å². The largest absolute Gasteiger partial charge is 0.416 e. The van der Waals surface area contributed by atoms with Crippen LogP contribution in [0.15, 0.2) is 72.9 Å². The topological polar surface area (TPSA) is 116 Å². The number of anilines is 5. The third kappa shape index (κ3) is 6.53. The number of alkyl halides is 3. The van der Waals surface area contributed by atoms with Crippen molar-refractivity contribution in [3.63, 3.8) is 0 Å². The van der Waals surface area contributed by atoms with Crippen molar-refractivity contribution in [3.8, 4) is 6.07 Å². The molecule has 0 bridgehead atoms. The Labute approximate surface area is 257 Å². The van der Waals surface area contributed by atoms with Crippen LogP contribution in [0.4, 0.5) is 41.6 Å². The number of aromatic nitrogens is 1. The number of nitriles is 1. The van der Waals surface area contributed by atoms with E-state index in [-0.39, 0.29) is 11.5 Å². The first-order chi connectivity index (χ1) is 21.6. The summed E-state index contributed by atoms with van der Waals surface area (Å²) in [5, 5.41) is 17.9. The minimum absolute atomic E-state index is 0.0847. The lowest BCUT2D eigenvalue weighted by Crippen LogP contribution is -2.44. The number of halogens is 3. The molecule has 228 valence electrons. The molecule has 0 aliphatic carbocycles. The van der Waals surface area contributed by atoms with Crippen LogP contribution in [0.3, 0.4) is 0 Å². The van der Waals surface area contributed by atoms with Crippen molar-refractivity contribution in [1.82, 2.24) is 9.88 Å². The van der Waals surface area contributed by atoms with Gasteiger partial charge in [-0.05, 0) is 67.7 Å². The van der Waals surface area contributed by atoms with Crippen LogP contribution in [-0.2, 0) is 11.0 Å². The molecule has 0 spiro atoms. The highest BCUT2D eigenvalue weighted by molar-refractivity contribution is 6.35. The maximum absolute atomic E-state index is 13.8. The Morgan fingerprint density at radius 2 is 1.73 bits per heavy atom. The Hall–Kier alpha value is -5.54. The van der Waals surface area contributed by atoms with E-state index in [1.165, 1.54) is 6.07 Å². The van der Waals surface area contributed by atoms with Gasteiger partial charge < -0.3 is 30.7 Å². The summed E-state index contributed by atoms with van der Waals surface area (Å²) in [6, 6.07) is 19.3. The Morgan fingerprint density at radius 3 is 2.47 bits per heavy atom. The fourth-order valence-corrected chi connectivity index (χ4v) is 5.33. The van der Waals surface area contributed by atoms with E-state index in [9.17, 15) is 22.8 Å². The molecule has 0 unspecified atom stereocenters. The zero-order valence-corrected chi connectivity index (χ0v) is 24.1. The summed E-state index contributed by atoms with van der Waals surface area (Å²) >= 11 is 0. The second kappa shape index (κ2) is 11.9. The van der Waals surface area contributed by atoms with Crippen LogP contribution in [0.1, 0.15) is 32.7 Å². The number of hydrogen-bond donors (Lipinski definition) is 4. The molecule has 2 aliphatic heterocycles. The zero-order valence-electron chi connectivity index (χ0n) is 24.1. The maximum Gasteiger partial charge on any atom is 0.416 e. The van der Waals surface area contributed by atoms with Crippen molar-refractivity contribution < 1.29 is 22.8 Å². The first kappa shape index (κ1) is 29.5. The molecule has 3 heterocycles. The van der Waals surface area contributed by atoms with Gasteiger partial charge in [0.15, 0.2) is 0 Å². The molecule has 2 amide bonds. The predicted molar refractivity (Wildman–Crippen MR) is 167 cm³/mol. The van der Waals surface area contributed by atoms with Gasteiger partial charge in [-0.1, -0.05) is 12.1 Å². The van der Waals surface area contributed by atoms with E-state index in [1.807, 2.05) is 18.0 Å². The lowest BCUT2D eigenvalue weighted by Gasteiger charge is -2.34. The summed E-state index contributed by atoms with van der Waals surface area (Å²) in [6.45, 7) is 2.55. The zero-order chi connectivity index (χ0) is 31.7. The maximum atomic E-state index is 13.8. The molecule has 1 fully saturated rings. The third-order valence-corrected chi connectivity index (χ3v) is 7.72. The molecule has 6 rings (SSSR count). The number of rotatable bonds is 6. The van der Waals surface area contributed by atoms with Crippen LogP contribution in [0.25, 0.3) is 11.6 Å². The van der Waals surface area contributed by atoms with Crippen LogP contribution in [0, 0.1) is 11.3 Å². The van der Waals surface area contributed by atoms with Gasteiger partial charge in [-0.15, -0.1) is 0 Å². The number of likely N-dealkylation sites (N-methyl/N-ethyl adjacent to an activating group) is 1. The van der Waals surface area contributed by atoms with Crippen molar-refractivity contribution >= 4 is 51.9 Å². The van der Waals surface area contributed by atoms with E-state index in [4.69, 9.17) is 5.26 Å². The molecule has 4 N–H and O–H groups in total. The Bertz CT molecular complexity index is 1860. The standard InChI is InChI=1S/C33H28F3N7O2/c1-42-7-9-43(10-8-42)27-13-21(12-22(14-27)33(34,35)36)31(44)40-24-4-2-3-23(15-24)39-25-5-6-28-29(32(45)41-30(28)17-25)16-26-11-20(18-37)19-38-26/h2-6,11-17,19,38-39H,7-10H2,1H3,(H,40,44)(H,41,45)/b29-16-. The summed E-state index contributed by atoms with van der Waals surface area (Å²) < 4.78 is 41.3. The SMILES string of the molecule is CN1CCN(c2cc(C(=O)Nc3cccc(Nc4ccc5c(c4)NC(=O)/C5=C\c4cc(C#N)c[nH]4)c3)cc(C(F)(F)F)c2)CC1. The Kier molecular flexibility index (Phi) is 7.78. The van der Waals surface area contributed by atoms with E-state index in [2.05, 4.69) is 25.8 Å². The van der Waals surface area contributed by atoms with Gasteiger partial charge in [0.1, 0.15) is 6.07 Å². The molecule has 0 saturated carbocycles. The minimum atomic E-state index is -4.60. The van der Waals surface area contributed by atoms with Gasteiger partial charge in [0, 0.05) is 71.9 Å². The van der Waals surface area contributed by atoms with E-state index in [1.54, 1.807) is 60.8 Å². The molecular weight excluding hydrogens is 583 g/mol. The van der Waals surface area contributed by atoms with Gasteiger partial charge in [0.25, 0.3) is 11.8 Å². The second-order valence-electron chi connectivity index (χ2n) is 10.9. The number of benzene rings is 3. The van der Waals surface area contributed by atoms with Gasteiger partial charge >= 0.3 is 6.18 Å². The van der Waals surface area contributed by atoms with Crippen LogP contribution in [-0.4, -0.2) is 54.9 Å². The number of fused-ring (bicyclic) bond motifs is 1. The molecule has 9 nitrogen and oxygen atoms in total. The second-order valence-corrected chi connectivity index (χ2v) is 10.9. The smallest absolute Gasteiger partial charge is 0.369 e. The van der Waals surface area contributed by atoms with Gasteiger partial charge in [0.05, 0.1) is 22.4 Å². The number of H-pyrrole nitrogens is 1. The molecule has 0 radical (unpaired) electrons. The molecular formula is C33H28F3N7O2. The summed E-state index contributed by atoms with van der Waals surface area (Å²) in [5.41, 5.74) is 3.94. The van der Waals surface area contributed by atoms with Crippen LogP contribution < -0.4 is 20.9 Å². The summed E-state index contributed by atoms with van der Waals surface area (Å²) in [6.07, 6.45) is -1.36. The average Bonchev–Trinajstić information content (AvgIpc) is 3.60.